The Morgan fingerprint density at radius 2 is 1.96 bits per heavy atom. The molecule has 0 bridgehead atoms. The molecular weight excluding hydrogens is 384 g/mol. The quantitative estimate of drug-likeness (QED) is 0.770. The van der Waals surface area contributed by atoms with Gasteiger partial charge >= 0.3 is 0 Å². The van der Waals surface area contributed by atoms with Gasteiger partial charge in [0.05, 0.1) is 5.56 Å². The molecule has 2 aromatic rings. The van der Waals surface area contributed by atoms with Crippen LogP contribution in [0.25, 0.3) is 0 Å². The number of halogens is 1. The van der Waals surface area contributed by atoms with Crippen LogP contribution in [0.5, 0.6) is 5.75 Å². The predicted octanol–water partition coefficient (Wildman–Crippen LogP) is 4.42. The largest absolute Gasteiger partial charge is 0.478 e. The Kier molecular flexibility index (Phi) is 5.49. The van der Waals surface area contributed by atoms with Gasteiger partial charge in [-0.3, -0.25) is 9.59 Å². The molecule has 2 amide bonds. The minimum absolute atomic E-state index is 0.341. The van der Waals surface area contributed by atoms with Gasteiger partial charge in [-0.15, -0.1) is 11.3 Å². The summed E-state index contributed by atoms with van der Waals surface area (Å²) in [5.74, 6) is 0.249. The summed E-state index contributed by atoms with van der Waals surface area (Å²) in [6.07, 6.45) is 2.73. The Balaban J connectivity index is 1.82. The van der Waals surface area contributed by atoms with E-state index in [1.807, 2.05) is 0 Å². The molecule has 1 aliphatic carbocycles. The second-order valence-electron chi connectivity index (χ2n) is 7.44. The lowest BCUT2D eigenvalue weighted by atomic mass is 9.88. The molecule has 5 nitrogen and oxygen atoms in total. The third kappa shape index (κ3) is 4.28. The van der Waals surface area contributed by atoms with E-state index in [1.165, 1.54) is 11.3 Å². The number of carbonyl (C=O) groups excluding carboxylic acids is 2. The van der Waals surface area contributed by atoms with E-state index in [-0.39, 0.29) is 5.91 Å². The smallest absolute Gasteiger partial charge is 0.268 e. The van der Waals surface area contributed by atoms with Crippen LogP contribution in [0.15, 0.2) is 24.3 Å². The number of fused-ring (bicyclic) bond motifs is 1. The van der Waals surface area contributed by atoms with Gasteiger partial charge in [0.15, 0.2) is 5.60 Å². The van der Waals surface area contributed by atoms with E-state index >= 15 is 0 Å². The summed E-state index contributed by atoms with van der Waals surface area (Å²) in [6.45, 7) is 5.54. The maximum atomic E-state index is 12.8. The maximum absolute atomic E-state index is 12.8. The van der Waals surface area contributed by atoms with Gasteiger partial charge in [-0.1, -0.05) is 18.5 Å². The van der Waals surface area contributed by atoms with Crippen LogP contribution in [0.2, 0.25) is 5.02 Å². The lowest BCUT2D eigenvalue weighted by Crippen LogP contribution is -2.42. The number of ether oxygens (including phenoxy) is 1. The van der Waals surface area contributed by atoms with Crippen LogP contribution in [0, 0.1) is 5.92 Å². The van der Waals surface area contributed by atoms with Crippen molar-refractivity contribution >= 4 is 39.8 Å². The molecule has 0 saturated carbocycles. The highest BCUT2D eigenvalue weighted by Crippen LogP contribution is 2.39. The van der Waals surface area contributed by atoms with Crippen LogP contribution >= 0.6 is 22.9 Å². The average molecular weight is 407 g/mol. The summed E-state index contributed by atoms with van der Waals surface area (Å²) in [7, 11) is 0. The molecule has 0 spiro atoms. The van der Waals surface area contributed by atoms with Crippen molar-refractivity contribution in [2.24, 2.45) is 11.7 Å². The molecule has 3 N–H and O–H groups in total. The van der Waals surface area contributed by atoms with Crippen molar-refractivity contribution in [3.63, 3.8) is 0 Å². The lowest BCUT2D eigenvalue weighted by Gasteiger charge is -2.25. The van der Waals surface area contributed by atoms with Gasteiger partial charge in [0.1, 0.15) is 10.8 Å². The molecule has 27 heavy (non-hydrogen) atoms. The summed E-state index contributed by atoms with van der Waals surface area (Å²) in [5, 5.41) is 3.97. The Bertz CT molecular complexity index is 874. The highest BCUT2D eigenvalue weighted by Gasteiger charge is 2.33. The first-order valence-corrected chi connectivity index (χ1v) is 10.1. The van der Waals surface area contributed by atoms with Gasteiger partial charge < -0.3 is 15.8 Å². The van der Waals surface area contributed by atoms with E-state index in [2.05, 4.69) is 12.2 Å². The van der Waals surface area contributed by atoms with Crippen molar-refractivity contribution in [2.45, 2.75) is 45.6 Å². The predicted molar refractivity (Wildman–Crippen MR) is 109 cm³/mol. The fraction of sp³-hybridized carbons (Fsp3) is 0.400. The molecule has 1 atom stereocenters. The SMILES string of the molecule is C[C@H]1CCc2c(sc(NC(=O)C(C)(C)Oc3ccc(Cl)cc3)c2C(N)=O)C1. The number of nitrogens with one attached hydrogen (secondary N) is 1. The molecule has 1 aromatic heterocycles. The first kappa shape index (κ1) is 19.7. The fourth-order valence-electron chi connectivity index (χ4n) is 3.20. The lowest BCUT2D eigenvalue weighted by molar-refractivity contribution is -0.128. The van der Waals surface area contributed by atoms with Gasteiger partial charge in [-0.25, -0.2) is 0 Å². The number of anilines is 1. The third-order valence-corrected chi connectivity index (χ3v) is 6.14. The average Bonchev–Trinajstić information content (AvgIpc) is 2.93. The van der Waals surface area contributed by atoms with Crippen LogP contribution in [0.1, 0.15) is 48.0 Å². The van der Waals surface area contributed by atoms with Gasteiger partial charge in [-0.2, -0.15) is 0 Å². The first-order chi connectivity index (χ1) is 12.7. The molecule has 0 fully saturated rings. The minimum atomic E-state index is -1.14. The topological polar surface area (TPSA) is 81.4 Å². The zero-order chi connectivity index (χ0) is 19.8. The fourth-order valence-corrected chi connectivity index (χ4v) is 4.73. The number of benzene rings is 1. The summed E-state index contributed by atoms with van der Waals surface area (Å²) in [4.78, 5) is 26.0. The molecule has 0 unspecified atom stereocenters. The van der Waals surface area contributed by atoms with Crippen LogP contribution < -0.4 is 15.8 Å². The number of thiophene rings is 1. The molecule has 0 saturated heterocycles. The Morgan fingerprint density at radius 1 is 1.30 bits per heavy atom. The first-order valence-electron chi connectivity index (χ1n) is 8.87. The molecule has 0 radical (unpaired) electrons. The molecule has 7 heteroatoms. The van der Waals surface area contributed by atoms with E-state index in [0.717, 1.165) is 29.7 Å². The Hall–Kier alpha value is -2.05. The van der Waals surface area contributed by atoms with Crippen molar-refractivity contribution in [1.82, 2.24) is 0 Å². The molecule has 3 rings (SSSR count). The Labute approximate surface area is 167 Å². The standard InChI is InChI=1S/C20H23ClN2O3S/c1-11-4-9-14-15(10-11)27-18(16(14)17(22)24)23-19(25)20(2,3)26-13-7-5-12(21)6-8-13/h5-8,11H,4,9-10H2,1-3H3,(H2,22,24)(H,23,25)/t11-/m0/s1. The highest BCUT2D eigenvalue weighted by molar-refractivity contribution is 7.17. The number of amides is 2. The second-order valence-corrected chi connectivity index (χ2v) is 8.98. The monoisotopic (exact) mass is 406 g/mol. The van der Waals surface area contributed by atoms with Gasteiger partial charge in [0.2, 0.25) is 0 Å². The van der Waals surface area contributed by atoms with E-state index in [9.17, 15) is 9.59 Å². The second kappa shape index (κ2) is 7.52. The molecular formula is C20H23ClN2O3S. The van der Waals surface area contributed by atoms with Crippen molar-refractivity contribution in [3.8, 4) is 5.75 Å². The van der Waals surface area contributed by atoms with Crippen molar-refractivity contribution in [1.29, 1.82) is 0 Å². The normalized spacial score (nSPS) is 16.5. The molecule has 144 valence electrons. The van der Waals surface area contributed by atoms with Crippen molar-refractivity contribution in [3.05, 3.63) is 45.3 Å². The van der Waals surface area contributed by atoms with Gasteiger partial charge in [0, 0.05) is 9.90 Å². The summed E-state index contributed by atoms with van der Waals surface area (Å²) in [6, 6.07) is 6.81. The minimum Gasteiger partial charge on any atom is -0.478 e. The third-order valence-electron chi connectivity index (χ3n) is 4.72. The number of rotatable bonds is 5. The van der Waals surface area contributed by atoms with Crippen molar-refractivity contribution < 1.29 is 14.3 Å². The van der Waals surface area contributed by atoms with Crippen LogP contribution in [-0.4, -0.2) is 17.4 Å². The van der Waals surface area contributed by atoms with Gasteiger partial charge in [0.25, 0.3) is 11.8 Å². The summed E-state index contributed by atoms with van der Waals surface area (Å²) >= 11 is 7.32. The molecule has 1 heterocycles. The number of nitrogens with two attached hydrogens (primary N) is 1. The van der Waals surface area contributed by atoms with Gasteiger partial charge in [-0.05, 0) is 68.9 Å². The van der Waals surface area contributed by atoms with E-state index in [0.29, 0.717) is 27.3 Å². The number of carbonyl (C=O) groups is 2. The summed E-state index contributed by atoms with van der Waals surface area (Å²) < 4.78 is 5.83. The van der Waals surface area contributed by atoms with E-state index in [1.54, 1.807) is 38.1 Å². The summed E-state index contributed by atoms with van der Waals surface area (Å²) in [5.41, 5.74) is 5.90. The maximum Gasteiger partial charge on any atom is 0.268 e. The van der Waals surface area contributed by atoms with Crippen LogP contribution in [0.4, 0.5) is 5.00 Å². The van der Waals surface area contributed by atoms with Crippen LogP contribution in [0.3, 0.4) is 0 Å². The number of hydrogen-bond acceptors (Lipinski definition) is 4. The number of hydrogen-bond donors (Lipinski definition) is 2. The van der Waals surface area contributed by atoms with E-state index < -0.39 is 11.5 Å². The molecule has 0 aliphatic heterocycles. The zero-order valence-electron chi connectivity index (χ0n) is 15.6. The Morgan fingerprint density at radius 3 is 2.59 bits per heavy atom. The highest BCUT2D eigenvalue weighted by atomic mass is 35.5. The molecule has 1 aromatic carbocycles. The van der Waals surface area contributed by atoms with Crippen LogP contribution in [-0.2, 0) is 17.6 Å². The van der Waals surface area contributed by atoms with E-state index in [4.69, 9.17) is 22.1 Å². The zero-order valence-corrected chi connectivity index (χ0v) is 17.2. The van der Waals surface area contributed by atoms with Crippen molar-refractivity contribution in [2.75, 3.05) is 5.32 Å². The number of primary amides is 1. The molecule has 1 aliphatic rings.